The Bertz CT molecular complexity index is 1110. The molecule has 3 aromatic carbocycles. The SMILES string of the molecule is CC1=C(C(=O)OCc2ccccc2)[C@@H](c2cccc(Oc3ccccc3)c2)NC(=O)N1. The van der Waals surface area contributed by atoms with E-state index in [-0.39, 0.29) is 12.6 Å². The number of allylic oxidation sites excluding steroid dienone is 1. The molecule has 2 N–H and O–H groups in total. The molecule has 2 amide bonds. The minimum Gasteiger partial charge on any atom is -0.457 e. The van der Waals surface area contributed by atoms with Crippen LogP contribution >= 0.6 is 0 Å². The molecule has 0 radical (unpaired) electrons. The van der Waals surface area contributed by atoms with Crippen molar-refractivity contribution in [2.24, 2.45) is 0 Å². The van der Waals surface area contributed by atoms with Crippen LogP contribution in [0.2, 0.25) is 0 Å². The van der Waals surface area contributed by atoms with Gasteiger partial charge in [0.1, 0.15) is 18.1 Å². The third-order valence-corrected chi connectivity index (χ3v) is 4.87. The zero-order chi connectivity index (χ0) is 21.6. The molecule has 0 aliphatic carbocycles. The predicted molar refractivity (Wildman–Crippen MR) is 116 cm³/mol. The molecule has 4 rings (SSSR count). The maximum Gasteiger partial charge on any atom is 0.338 e. The average molecular weight is 414 g/mol. The zero-order valence-electron chi connectivity index (χ0n) is 17.0. The Balaban J connectivity index is 1.58. The number of rotatable bonds is 6. The van der Waals surface area contributed by atoms with Gasteiger partial charge in [0.25, 0.3) is 0 Å². The fourth-order valence-corrected chi connectivity index (χ4v) is 3.40. The average Bonchev–Trinajstić information content (AvgIpc) is 2.78. The molecular weight excluding hydrogens is 392 g/mol. The largest absolute Gasteiger partial charge is 0.457 e. The third-order valence-electron chi connectivity index (χ3n) is 4.87. The topological polar surface area (TPSA) is 76.7 Å². The Morgan fingerprint density at radius 3 is 2.32 bits per heavy atom. The summed E-state index contributed by atoms with van der Waals surface area (Å²) in [5.41, 5.74) is 2.42. The van der Waals surface area contributed by atoms with Crippen LogP contribution in [-0.4, -0.2) is 12.0 Å². The van der Waals surface area contributed by atoms with Crippen LogP contribution in [0, 0.1) is 0 Å². The zero-order valence-corrected chi connectivity index (χ0v) is 17.0. The molecule has 0 unspecified atom stereocenters. The van der Waals surface area contributed by atoms with E-state index in [2.05, 4.69) is 10.6 Å². The summed E-state index contributed by atoms with van der Waals surface area (Å²) >= 11 is 0. The first-order valence-corrected chi connectivity index (χ1v) is 9.92. The number of para-hydroxylation sites is 1. The van der Waals surface area contributed by atoms with Crippen molar-refractivity contribution >= 4 is 12.0 Å². The summed E-state index contributed by atoms with van der Waals surface area (Å²) in [5, 5.41) is 5.48. The highest BCUT2D eigenvalue weighted by atomic mass is 16.5. The van der Waals surface area contributed by atoms with Crippen LogP contribution in [0.15, 0.2) is 96.2 Å². The van der Waals surface area contributed by atoms with Gasteiger partial charge in [-0.2, -0.15) is 0 Å². The standard InChI is InChI=1S/C25H22N2O4/c1-17-22(24(28)30-16-18-9-4-2-5-10-18)23(27-25(29)26-17)19-11-8-14-21(15-19)31-20-12-6-3-7-13-20/h2-15,23H,16H2,1H3,(H2,26,27,29)/t23-/m1/s1. The molecule has 3 aromatic rings. The number of benzene rings is 3. The maximum atomic E-state index is 12.9. The molecule has 0 saturated carbocycles. The Morgan fingerprint density at radius 1 is 0.903 bits per heavy atom. The van der Waals surface area contributed by atoms with Crippen molar-refractivity contribution in [1.82, 2.24) is 10.6 Å². The summed E-state index contributed by atoms with van der Waals surface area (Å²) in [7, 11) is 0. The lowest BCUT2D eigenvalue weighted by Gasteiger charge is -2.28. The normalized spacial score (nSPS) is 15.6. The summed E-state index contributed by atoms with van der Waals surface area (Å²) in [6.45, 7) is 1.84. The van der Waals surface area contributed by atoms with Crippen molar-refractivity contribution in [2.45, 2.75) is 19.6 Å². The molecule has 156 valence electrons. The van der Waals surface area contributed by atoms with Crippen LogP contribution in [0.3, 0.4) is 0 Å². The molecule has 31 heavy (non-hydrogen) atoms. The molecule has 6 heteroatoms. The summed E-state index contributed by atoms with van der Waals surface area (Å²) < 4.78 is 11.4. The van der Waals surface area contributed by atoms with Crippen molar-refractivity contribution < 1.29 is 19.1 Å². The summed E-state index contributed by atoms with van der Waals surface area (Å²) in [5.74, 6) is 0.808. The molecule has 0 saturated heterocycles. The Morgan fingerprint density at radius 2 is 1.58 bits per heavy atom. The lowest BCUT2D eigenvalue weighted by atomic mass is 9.95. The van der Waals surface area contributed by atoms with Gasteiger partial charge in [0.2, 0.25) is 0 Å². The van der Waals surface area contributed by atoms with Crippen molar-refractivity contribution in [3.05, 3.63) is 107 Å². The minimum atomic E-state index is -0.656. The first-order chi connectivity index (χ1) is 15.1. The summed E-state index contributed by atoms with van der Waals surface area (Å²) in [4.78, 5) is 25.1. The third kappa shape index (κ3) is 4.93. The fraction of sp³-hybridized carbons (Fsp3) is 0.120. The first kappa shape index (κ1) is 20.2. The van der Waals surface area contributed by atoms with Gasteiger partial charge in [-0.15, -0.1) is 0 Å². The second kappa shape index (κ2) is 9.17. The van der Waals surface area contributed by atoms with Crippen LogP contribution in [0.1, 0.15) is 24.1 Å². The van der Waals surface area contributed by atoms with E-state index in [0.29, 0.717) is 28.3 Å². The molecule has 0 aromatic heterocycles. The number of hydrogen-bond donors (Lipinski definition) is 2. The molecular formula is C25H22N2O4. The van der Waals surface area contributed by atoms with Crippen molar-refractivity contribution in [3.63, 3.8) is 0 Å². The Labute approximate surface area is 180 Å². The van der Waals surface area contributed by atoms with Crippen LogP contribution in [0.25, 0.3) is 0 Å². The fourth-order valence-electron chi connectivity index (χ4n) is 3.40. The van der Waals surface area contributed by atoms with Crippen LogP contribution < -0.4 is 15.4 Å². The molecule has 0 fully saturated rings. The quantitative estimate of drug-likeness (QED) is 0.566. The highest BCUT2D eigenvalue weighted by molar-refractivity contribution is 5.95. The monoisotopic (exact) mass is 414 g/mol. The van der Waals surface area contributed by atoms with Gasteiger partial charge in [-0.1, -0.05) is 60.7 Å². The van der Waals surface area contributed by atoms with Gasteiger partial charge in [-0.25, -0.2) is 9.59 Å². The van der Waals surface area contributed by atoms with Crippen LogP contribution in [-0.2, 0) is 16.1 Å². The van der Waals surface area contributed by atoms with Crippen molar-refractivity contribution in [3.8, 4) is 11.5 Å². The Hall–Kier alpha value is -4.06. The minimum absolute atomic E-state index is 0.147. The van der Waals surface area contributed by atoms with E-state index in [1.54, 1.807) is 13.0 Å². The molecule has 0 spiro atoms. The molecule has 6 nitrogen and oxygen atoms in total. The van der Waals surface area contributed by atoms with Gasteiger partial charge >= 0.3 is 12.0 Å². The lowest BCUT2D eigenvalue weighted by Crippen LogP contribution is -2.45. The van der Waals surface area contributed by atoms with E-state index in [0.717, 1.165) is 5.56 Å². The van der Waals surface area contributed by atoms with Gasteiger partial charge in [-0.05, 0) is 42.3 Å². The van der Waals surface area contributed by atoms with E-state index >= 15 is 0 Å². The van der Waals surface area contributed by atoms with E-state index in [1.807, 2.05) is 78.9 Å². The van der Waals surface area contributed by atoms with Gasteiger partial charge in [-0.3, -0.25) is 0 Å². The van der Waals surface area contributed by atoms with E-state index in [4.69, 9.17) is 9.47 Å². The number of ether oxygens (including phenoxy) is 2. The van der Waals surface area contributed by atoms with E-state index in [9.17, 15) is 9.59 Å². The lowest BCUT2D eigenvalue weighted by molar-refractivity contribution is -0.140. The highest BCUT2D eigenvalue weighted by Gasteiger charge is 2.32. The number of nitrogens with one attached hydrogen (secondary N) is 2. The molecule has 1 atom stereocenters. The number of hydrogen-bond acceptors (Lipinski definition) is 4. The summed E-state index contributed by atoms with van der Waals surface area (Å²) in [6.07, 6.45) is 0. The number of esters is 1. The number of carbonyl (C=O) groups excluding carboxylic acids is 2. The first-order valence-electron chi connectivity index (χ1n) is 9.92. The van der Waals surface area contributed by atoms with Gasteiger partial charge in [0.05, 0.1) is 11.6 Å². The second-order valence-corrected chi connectivity index (χ2v) is 7.12. The van der Waals surface area contributed by atoms with Crippen molar-refractivity contribution in [2.75, 3.05) is 0 Å². The van der Waals surface area contributed by atoms with Gasteiger partial charge in [0.15, 0.2) is 0 Å². The van der Waals surface area contributed by atoms with Crippen LogP contribution in [0.5, 0.6) is 11.5 Å². The number of amides is 2. The van der Waals surface area contributed by atoms with Gasteiger partial charge in [0, 0.05) is 5.70 Å². The van der Waals surface area contributed by atoms with E-state index < -0.39 is 12.0 Å². The highest BCUT2D eigenvalue weighted by Crippen LogP contribution is 2.31. The van der Waals surface area contributed by atoms with Crippen LogP contribution in [0.4, 0.5) is 4.79 Å². The van der Waals surface area contributed by atoms with Gasteiger partial charge < -0.3 is 20.1 Å². The predicted octanol–water partition coefficient (Wildman–Crippen LogP) is 4.85. The molecule has 0 bridgehead atoms. The number of carbonyl (C=O) groups is 2. The smallest absolute Gasteiger partial charge is 0.338 e. The maximum absolute atomic E-state index is 12.9. The van der Waals surface area contributed by atoms with Crippen molar-refractivity contribution in [1.29, 1.82) is 0 Å². The summed E-state index contributed by atoms with van der Waals surface area (Å²) in [6, 6.07) is 25.1. The Kier molecular flexibility index (Phi) is 5.98. The molecule has 1 aliphatic heterocycles. The number of urea groups is 1. The molecule has 1 aliphatic rings. The second-order valence-electron chi connectivity index (χ2n) is 7.12. The molecule has 1 heterocycles. The van der Waals surface area contributed by atoms with E-state index in [1.165, 1.54) is 0 Å².